The van der Waals surface area contributed by atoms with E-state index in [-0.39, 0.29) is 18.2 Å². The summed E-state index contributed by atoms with van der Waals surface area (Å²) in [5, 5.41) is 2.87. The zero-order valence-corrected chi connectivity index (χ0v) is 10.7. The lowest BCUT2D eigenvalue weighted by Crippen LogP contribution is -2.51. The fourth-order valence-electron chi connectivity index (χ4n) is 1.95. The minimum absolute atomic E-state index is 0.0818. The molecule has 18 heavy (non-hydrogen) atoms. The number of nitrogens with two attached hydrogens (primary N) is 1. The fourth-order valence-corrected chi connectivity index (χ4v) is 1.95. The molecule has 5 nitrogen and oxygen atoms in total. The lowest BCUT2D eigenvalue weighted by Gasteiger charge is -2.36. The standard InChI is InChI=1S/C13H19N3O2/c1-9-8-18-10(2)7-16(9)13(17)15-12-5-3-11(14)4-6-12/h3-6,9-10H,7-8,14H2,1-2H3,(H,15,17). The minimum atomic E-state index is -0.0950. The van der Waals surface area contributed by atoms with E-state index in [9.17, 15) is 4.79 Å². The van der Waals surface area contributed by atoms with E-state index in [2.05, 4.69) is 5.32 Å². The van der Waals surface area contributed by atoms with Gasteiger partial charge in [0, 0.05) is 17.9 Å². The zero-order valence-electron chi connectivity index (χ0n) is 10.7. The van der Waals surface area contributed by atoms with Gasteiger partial charge in [-0.25, -0.2) is 4.79 Å². The van der Waals surface area contributed by atoms with Gasteiger partial charge in [0.25, 0.3) is 0 Å². The van der Waals surface area contributed by atoms with Crippen LogP contribution in [0.5, 0.6) is 0 Å². The van der Waals surface area contributed by atoms with Crippen molar-refractivity contribution >= 4 is 17.4 Å². The number of amides is 2. The van der Waals surface area contributed by atoms with E-state index in [1.54, 1.807) is 29.2 Å². The Morgan fingerprint density at radius 1 is 1.39 bits per heavy atom. The molecule has 0 aromatic heterocycles. The van der Waals surface area contributed by atoms with E-state index in [0.29, 0.717) is 18.8 Å². The summed E-state index contributed by atoms with van der Waals surface area (Å²) in [5.41, 5.74) is 7.03. The van der Waals surface area contributed by atoms with Crippen molar-refractivity contribution in [3.8, 4) is 0 Å². The molecule has 2 atom stereocenters. The van der Waals surface area contributed by atoms with E-state index in [4.69, 9.17) is 10.5 Å². The fraction of sp³-hybridized carbons (Fsp3) is 0.462. The maximum absolute atomic E-state index is 12.1. The smallest absolute Gasteiger partial charge is 0.322 e. The Morgan fingerprint density at radius 2 is 2.06 bits per heavy atom. The Bertz CT molecular complexity index is 419. The third-order valence-corrected chi connectivity index (χ3v) is 3.03. The number of hydrogen-bond acceptors (Lipinski definition) is 3. The minimum Gasteiger partial charge on any atom is -0.399 e. The third kappa shape index (κ3) is 2.92. The summed E-state index contributed by atoms with van der Waals surface area (Å²) < 4.78 is 5.50. The first kappa shape index (κ1) is 12.7. The molecule has 1 aliphatic rings. The van der Waals surface area contributed by atoms with Crippen molar-refractivity contribution < 1.29 is 9.53 Å². The highest BCUT2D eigenvalue weighted by atomic mass is 16.5. The summed E-state index contributed by atoms with van der Waals surface area (Å²) >= 11 is 0. The van der Waals surface area contributed by atoms with Crippen LogP contribution in [0.3, 0.4) is 0 Å². The van der Waals surface area contributed by atoms with Crippen LogP contribution in [0.15, 0.2) is 24.3 Å². The molecule has 1 aromatic carbocycles. The van der Waals surface area contributed by atoms with Gasteiger partial charge in [-0.1, -0.05) is 0 Å². The molecule has 5 heteroatoms. The van der Waals surface area contributed by atoms with Crippen molar-refractivity contribution in [1.82, 2.24) is 4.90 Å². The Labute approximate surface area is 107 Å². The second kappa shape index (κ2) is 5.27. The van der Waals surface area contributed by atoms with Gasteiger partial charge in [-0.3, -0.25) is 0 Å². The molecule has 98 valence electrons. The SMILES string of the molecule is CC1CN(C(=O)Nc2ccc(N)cc2)C(C)CO1. The Morgan fingerprint density at radius 3 is 2.72 bits per heavy atom. The number of nitrogen functional groups attached to an aromatic ring is 1. The second-order valence-corrected chi connectivity index (χ2v) is 4.70. The van der Waals surface area contributed by atoms with Crippen LogP contribution in [0.25, 0.3) is 0 Å². The second-order valence-electron chi connectivity index (χ2n) is 4.70. The number of hydrogen-bond donors (Lipinski definition) is 2. The number of benzene rings is 1. The average Bonchev–Trinajstić information content (AvgIpc) is 2.35. The molecule has 3 N–H and O–H groups in total. The van der Waals surface area contributed by atoms with E-state index in [1.807, 2.05) is 13.8 Å². The van der Waals surface area contributed by atoms with Crippen LogP contribution < -0.4 is 11.1 Å². The number of morpholine rings is 1. The summed E-state index contributed by atoms with van der Waals surface area (Å²) in [7, 11) is 0. The van der Waals surface area contributed by atoms with Crippen LogP contribution in [-0.2, 0) is 4.74 Å². The molecule has 0 aliphatic carbocycles. The first-order valence-corrected chi connectivity index (χ1v) is 6.11. The highest BCUT2D eigenvalue weighted by Gasteiger charge is 2.27. The molecule has 1 aromatic rings. The number of ether oxygens (including phenoxy) is 1. The number of carbonyl (C=O) groups is 1. The zero-order chi connectivity index (χ0) is 13.1. The number of carbonyl (C=O) groups excluding carboxylic acids is 1. The highest BCUT2D eigenvalue weighted by molar-refractivity contribution is 5.89. The first-order chi connectivity index (χ1) is 8.56. The van der Waals surface area contributed by atoms with E-state index in [1.165, 1.54) is 0 Å². The number of rotatable bonds is 1. The topological polar surface area (TPSA) is 67.6 Å². The van der Waals surface area contributed by atoms with Gasteiger partial charge >= 0.3 is 6.03 Å². The Hall–Kier alpha value is -1.75. The van der Waals surface area contributed by atoms with Gasteiger partial charge in [-0.15, -0.1) is 0 Å². The summed E-state index contributed by atoms with van der Waals surface area (Å²) in [5.74, 6) is 0. The van der Waals surface area contributed by atoms with Gasteiger partial charge in [0.1, 0.15) is 0 Å². The number of nitrogens with zero attached hydrogens (tertiary/aromatic N) is 1. The molecule has 2 rings (SSSR count). The molecular weight excluding hydrogens is 230 g/mol. The van der Waals surface area contributed by atoms with Gasteiger partial charge in [0.2, 0.25) is 0 Å². The van der Waals surface area contributed by atoms with Crippen molar-refractivity contribution in [1.29, 1.82) is 0 Å². The van der Waals surface area contributed by atoms with Crippen LogP contribution >= 0.6 is 0 Å². The molecule has 0 bridgehead atoms. The number of anilines is 2. The monoisotopic (exact) mass is 249 g/mol. The van der Waals surface area contributed by atoms with Gasteiger partial charge in [0.15, 0.2) is 0 Å². The quantitative estimate of drug-likeness (QED) is 0.747. The number of nitrogens with one attached hydrogen (secondary N) is 1. The Kier molecular flexibility index (Phi) is 3.72. The molecule has 1 fully saturated rings. The summed E-state index contributed by atoms with van der Waals surface area (Å²) in [4.78, 5) is 13.9. The molecule has 0 radical (unpaired) electrons. The summed E-state index contributed by atoms with van der Waals surface area (Å²) in [6.07, 6.45) is 0.0818. The highest BCUT2D eigenvalue weighted by Crippen LogP contribution is 2.15. The maximum Gasteiger partial charge on any atom is 0.322 e. The van der Waals surface area contributed by atoms with Crippen molar-refractivity contribution in [2.24, 2.45) is 0 Å². The largest absolute Gasteiger partial charge is 0.399 e. The molecule has 1 saturated heterocycles. The molecule has 2 amide bonds. The third-order valence-electron chi connectivity index (χ3n) is 3.03. The number of urea groups is 1. The van der Waals surface area contributed by atoms with Crippen LogP contribution in [0.2, 0.25) is 0 Å². The summed E-state index contributed by atoms with van der Waals surface area (Å²) in [6, 6.07) is 7.11. The van der Waals surface area contributed by atoms with Gasteiger partial charge in [0.05, 0.1) is 18.8 Å². The normalized spacial score (nSPS) is 23.8. The van der Waals surface area contributed by atoms with Crippen molar-refractivity contribution in [3.05, 3.63) is 24.3 Å². The predicted octanol–water partition coefficient (Wildman–Crippen LogP) is 1.91. The van der Waals surface area contributed by atoms with Gasteiger partial charge in [-0.2, -0.15) is 0 Å². The maximum atomic E-state index is 12.1. The average molecular weight is 249 g/mol. The lowest BCUT2D eigenvalue weighted by molar-refractivity contribution is -0.0296. The lowest BCUT2D eigenvalue weighted by atomic mass is 10.2. The summed E-state index contributed by atoms with van der Waals surface area (Å²) in [6.45, 7) is 5.14. The molecule has 0 spiro atoms. The molecule has 1 aliphatic heterocycles. The van der Waals surface area contributed by atoms with Gasteiger partial charge < -0.3 is 20.7 Å². The van der Waals surface area contributed by atoms with E-state index < -0.39 is 0 Å². The Balaban J connectivity index is 2.00. The van der Waals surface area contributed by atoms with E-state index >= 15 is 0 Å². The predicted molar refractivity (Wildman–Crippen MR) is 71.5 cm³/mol. The van der Waals surface area contributed by atoms with E-state index in [0.717, 1.165) is 5.69 Å². The van der Waals surface area contributed by atoms with Crippen LogP contribution in [0.1, 0.15) is 13.8 Å². The van der Waals surface area contributed by atoms with Crippen LogP contribution in [0, 0.1) is 0 Å². The molecule has 1 heterocycles. The van der Waals surface area contributed by atoms with Crippen molar-refractivity contribution in [2.45, 2.75) is 26.0 Å². The van der Waals surface area contributed by atoms with Crippen LogP contribution in [0.4, 0.5) is 16.2 Å². The molecule has 0 saturated carbocycles. The first-order valence-electron chi connectivity index (χ1n) is 6.11. The van der Waals surface area contributed by atoms with Crippen molar-refractivity contribution in [2.75, 3.05) is 24.2 Å². The van der Waals surface area contributed by atoms with Crippen molar-refractivity contribution in [3.63, 3.8) is 0 Å². The van der Waals surface area contributed by atoms with Crippen LogP contribution in [-0.4, -0.2) is 36.2 Å². The molecular formula is C13H19N3O2. The molecule has 2 unspecified atom stereocenters. The van der Waals surface area contributed by atoms with Gasteiger partial charge in [-0.05, 0) is 38.1 Å².